The summed E-state index contributed by atoms with van der Waals surface area (Å²) < 4.78 is 39.5. The van der Waals surface area contributed by atoms with Crippen LogP contribution in [0.3, 0.4) is 0 Å². The van der Waals surface area contributed by atoms with Crippen LogP contribution < -0.4 is 23.7 Å². The number of ether oxygens (including phenoxy) is 7. The summed E-state index contributed by atoms with van der Waals surface area (Å²) in [7, 11) is 7.95. The minimum atomic E-state index is -0.335. The van der Waals surface area contributed by atoms with Crippen LogP contribution in [0.2, 0.25) is 0 Å². The number of allylic oxidation sites excluding steroid dienone is 1. The lowest BCUT2D eigenvalue weighted by atomic mass is 9.84. The van der Waals surface area contributed by atoms with Crippen molar-refractivity contribution in [1.29, 1.82) is 0 Å². The molecule has 0 bridgehead atoms. The maximum absolute atomic E-state index is 12.5. The fourth-order valence-corrected chi connectivity index (χ4v) is 4.48. The Balaban J connectivity index is 1.94. The maximum Gasteiger partial charge on any atom is 0.333 e. The number of esters is 1. The first-order chi connectivity index (χ1) is 17.4. The highest BCUT2D eigenvalue weighted by Crippen LogP contribution is 2.46. The number of carbonyl (C=O) groups is 1. The third-order valence-electron chi connectivity index (χ3n) is 6.61. The monoisotopic (exact) mass is 500 g/mol. The highest BCUT2D eigenvalue weighted by Gasteiger charge is 2.40. The van der Waals surface area contributed by atoms with Gasteiger partial charge < -0.3 is 33.2 Å². The molecular weight excluding hydrogens is 464 g/mol. The van der Waals surface area contributed by atoms with Crippen molar-refractivity contribution >= 4 is 5.97 Å². The maximum atomic E-state index is 12.5. The van der Waals surface area contributed by atoms with Gasteiger partial charge in [-0.05, 0) is 61.6 Å². The van der Waals surface area contributed by atoms with Crippen molar-refractivity contribution in [2.24, 2.45) is 11.8 Å². The summed E-state index contributed by atoms with van der Waals surface area (Å²) in [6.45, 7) is 4.27. The number of hydrogen-bond donors (Lipinski definition) is 0. The van der Waals surface area contributed by atoms with Gasteiger partial charge >= 0.3 is 5.97 Å². The molecule has 3 atom stereocenters. The lowest BCUT2D eigenvalue weighted by molar-refractivity contribution is -0.141. The lowest BCUT2D eigenvalue weighted by Gasteiger charge is -2.24. The Morgan fingerprint density at radius 1 is 0.917 bits per heavy atom. The molecule has 2 aromatic rings. The first kappa shape index (κ1) is 27.2. The molecule has 1 fully saturated rings. The van der Waals surface area contributed by atoms with Gasteiger partial charge in [-0.15, -0.1) is 0 Å². The van der Waals surface area contributed by atoms with E-state index >= 15 is 0 Å². The fourth-order valence-electron chi connectivity index (χ4n) is 4.48. The van der Waals surface area contributed by atoms with Crippen LogP contribution in [-0.2, 0) is 20.7 Å². The quantitative estimate of drug-likeness (QED) is 0.322. The largest absolute Gasteiger partial charge is 0.493 e. The normalized spacial score (nSPS) is 19.5. The molecule has 0 aliphatic carbocycles. The summed E-state index contributed by atoms with van der Waals surface area (Å²) in [6.07, 6.45) is 2.12. The van der Waals surface area contributed by atoms with Gasteiger partial charge in [-0.2, -0.15) is 0 Å². The zero-order valence-electron chi connectivity index (χ0n) is 22.1. The second-order valence-electron chi connectivity index (χ2n) is 8.60. The van der Waals surface area contributed by atoms with Gasteiger partial charge in [0, 0.05) is 11.5 Å². The number of benzene rings is 2. The molecule has 0 unspecified atom stereocenters. The number of hydrogen-bond acceptors (Lipinski definition) is 8. The second kappa shape index (κ2) is 12.5. The fraction of sp³-hybridized carbons (Fsp3) is 0.464. The molecule has 1 saturated heterocycles. The first-order valence-corrected chi connectivity index (χ1v) is 11.8. The Hall–Kier alpha value is -3.39. The van der Waals surface area contributed by atoms with Crippen LogP contribution in [0.15, 0.2) is 42.0 Å². The van der Waals surface area contributed by atoms with Gasteiger partial charge in [0.25, 0.3) is 0 Å². The smallest absolute Gasteiger partial charge is 0.333 e. The number of carbonyl (C=O) groups excluding carboxylic acids is 1. The van der Waals surface area contributed by atoms with Gasteiger partial charge in [-0.1, -0.05) is 12.1 Å². The Labute approximate surface area is 213 Å². The predicted octanol–water partition coefficient (Wildman–Crippen LogP) is 4.79. The molecule has 0 saturated carbocycles. The topological polar surface area (TPSA) is 81.7 Å². The van der Waals surface area contributed by atoms with Crippen molar-refractivity contribution in [3.8, 4) is 28.7 Å². The van der Waals surface area contributed by atoms with Crippen molar-refractivity contribution in [1.82, 2.24) is 0 Å². The van der Waals surface area contributed by atoms with Crippen LogP contribution in [0.25, 0.3) is 0 Å². The van der Waals surface area contributed by atoms with E-state index in [0.717, 1.165) is 11.1 Å². The van der Waals surface area contributed by atoms with E-state index in [1.165, 1.54) is 0 Å². The van der Waals surface area contributed by atoms with Crippen LogP contribution in [0.5, 0.6) is 28.7 Å². The molecule has 0 aromatic heterocycles. The summed E-state index contributed by atoms with van der Waals surface area (Å²) in [5.74, 6) is 2.58. The zero-order chi connectivity index (χ0) is 26.2. The van der Waals surface area contributed by atoms with E-state index in [0.29, 0.717) is 47.3 Å². The van der Waals surface area contributed by atoms with Crippen LogP contribution in [0.1, 0.15) is 31.1 Å². The van der Waals surface area contributed by atoms with E-state index in [1.54, 1.807) is 48.5 Å². The minimum absolute atomic E-state index is 0.0888. The predicted molar refractivity (Wildman–Crippen MR) is 135 cm³/mol. The van der Waals surface area contributed by atoms with Crippen molar-refractivity contribution in [2.75, 3.05) is 48.8 Å². The lowest BCUT2D eigenvalue weighted by Crippen LogP contribution is -2.24. The SMILES string of the molecule is CC=C(C)C(=O)OC[C@H]1[C@@H](Cc2ccc(OC)c(OC)c2)CO[C@@H]1c1cc(OC)c(OC)c(OC)c1. The van der Waals surface area contributed by atoms with E-state index in [4.69, 9.17) is 33.2 Å². The third kappa shape index (κ3) is 5.87. The van der Waals surface area contributed by atoms with E-state index < -0.39 is 0 Å². The Kier molecular flexibility index (Phi) is 9.47. The highest BCUT2D eigenvalue weighted by atomic mass is 16.5. The molecule has 0 N–H and O–H groups in total. The molecule has 8 heteroatoms. The summed E-state index contributed by atoms with van der Waals surface area (Å²) in [5.41, 5.74) is 2.51. The highest BCUT2D eigenvalue weighted by molar-refractivity contribution is 5.87. The van der Waals surface area contributed by atoms with Gasteiger partial charge in [0.1, 0.15) is 0 Å². The molecule has 8 nitrogen and oxygen atoms in total. The summed E-state index contributed by atoms with van der Waals surface area (Å²) in [4.78, 5) is 12.5. The molecule has 1 aliphatic heterocycles. The second-order valence-corrected chi connectivity index (χ2v) is 8.60. The molecule has 1 heterocycles. The molecule has 1 aliphatic rings. The zero-order valence-corrected chi connectivity index (χ0v) is 22.1. The van der Waals surface area contributed by atoms with Gasteiger partial charge in [0.2, 0.25) is 5.75 Å². The molecule has 0 spiro atoms. The minimum Gasteiger partial charge on any atom is -0.493 e. The summed E-state index contributed by atoms with van der Waals surface area (Å²) in [6, 6.07) is 9.65. The van der Waals surface area contributed by atoms with Crippen LogP contribution in [0, 0.1) is 11.8 Å². The summed E-state index contributed by atoms with van der Waals surface area (Å²) in [5, 5.41) is 0. The van der Waals surface area contributed by atoms with E-state index in [2.05, 4.69) is 0 Å². The van der Waals surface area contributed by atoms with Crippen molar-refractivity contribution in [3.63, 3.8) is 0 Å². The van der Waals surface area contributed by atoms with Crippen molar-refractivity contribution < 1.29 is 38.0 Å². The number of methoxy groups -OCH3 is 5. The first-order valence-electron chi connectivity index (χ1n) is 11.8. The standard InChI is InChI=1S/C28H36O8/c1-8-17(2)28(29)36-16-21-20(11-18-9-10-22(30-3)23(12-18)31-4)15-35-26(21)19-13-24(32-5)27(34-7)25(14-19)33-6/h8-10,12-14,20-21,26H,11,15-16H2,1-7H3/t20-,21-,26+/m0/s1. The van der Waals surface area contributed by atoms with E-state index in [-0.39, 0.29) is 30.5 Å². The number of rotatable bonds is 11. The average Bonchev–Trinajstić information content (AvgIpc) is 3.31. The molecule has 0 radical (unpaired) electrons. The van der Waals surface area contributed by atoms with Crippen LogP contribution in [0.4, 0.5) is 0 Å². The molecule has 3 rings (SSSR count). The van der Waals surface area contributed by atoms with Crippen LogP contribution >= 0.6 is 0 Å². The Bertz CT molecular complexity index is 1050. The molecule has 196 valence electrons. The average molecular weight is 501 g/mol. The Morgan fingerprint density at radius 3 is 2.11 bits per heavy atom. The summed E-state index contributed by atoms with van der Waals surface area (Å²) >= 11 is 0. The van der Waals surface area contributed by atoms with Crippen molar-refractivity contribution in [3.05, 3.63) is 53.1 Å². The molecular formula is C28H36O8. The van der Waals surface area contributed by atoms with Gasteiger partial charge in [0.15, 0.2) is 23.0 Å². The Morgan fingerprint density at radius 2 is 1.56 bits per heavy atom. The molecule has 36 heavy (non-hydrogen) atoms. The molecule has 0 amide bonds. The van der Waals surface area contributed by atoms with E-state index in [1.807, 2.05) is 37.3 Å². The van der Waals surface area contributed by atoms with Crippen LogP contribution in [-0.4, -0.2) is 54.7 Å². The van der Waals surface area contributed by atoms with Crippen molar-refractivity contribution in [2.45, 2.75) is 26.4 Å². The van der Waals surface area contributed by atoms with Gasteiger partial charge in [0.05, 0.1) is 54.9 Å². The van der Waals surface area contributed by atoms with E-state index in [9.17, 15) is 4.79 Å². The molecule has 2 aromatic carbocycles. The van der Waals surface area contributed by atoms with Gasteiger partial charge in [-0.25, -0.2) is 4.79 Å². The van der Waals surface area contributed by atoms with Gasteiger partial charge in [-0.3, -0.25) is 0 Å². The third-order valence-corrected chi connectivity index (χ3v) is 6.61.